The Bertz CT molecular complexity index is 737. The summed E-state index contributed by atoms with van der Waals surface area (Å²) >= 11 is 0. The molecule has 0 spiro atoms. The fourth-order valence-corrected chi connectivity index (χ4v) is 6.10. The van der Waals surface area contributed by atoms with Gasteiger partial charge in [-0.2, -0.15) is 0 Å². The summed E-state index contributed by atoms with van der Waals surface area (Å²) < 4.78 is 34.2. The van der Waals surface area contributed by atoms with Crippen molar-refractivity contribution in [1.29, 1.82) is 0 Å². The number of Topliss-reactive ketones (excluding diaryl/α,β-unsaturated/α-hetero) is 1. The second-order valence-corrected chi connectivity index (χ2v) is 19.2. The summed E-state index contributed by atoms with van der Waals surface area (Å²) in [6.45, 7) is 17.4. The number of hydrogen-bond donors (Lipinski definition) is 0. The number of rotatable bonds is 12. The molecule has 0 aromatic rings. The molecule has 1 fully saturated rings. The highest BCUT2D eigenvalue weighted by atomic mass is 31.2. The third-order valence-corrected chi connectivity index (χ3v) is 13.5. The Hall–Kier alpha value is -0.733. The Balaban J connectivity index is 2.85. The molecule has 206 valence electrons. The highest BCUT2D eigenvalue weighted by Gasteiger charge is 2.39. The van der Waals surface area contributed by atoms with Crippen LogP contribution in [0, 0.1) is 0 Å². The number of amides is 1. The van der Waals surface area contributed by atoms with Gasteiger partial charge in [-0.3, -0.25) is 9.36 Å². The summed E-state index contributed by atoms with van der Waals surface area (Å²) in [7, 11) is -2.65. The molecule has 10 heteroatoms. The van der Waals surface area contributed by atoms with Crippen LogP contribution in [0.3, 0.4) is 0 Å². The third kappa shape index (κ3) is 10.6. The maximum atomic E-state index is 13.3. The quantitative estimate of drug-likeness (QED) is 0.201. The first kappa shape index (κ1) is 32.3. The van der Waals surface area contributed by atoms with E-state index in [2.05, 4.69) is 33.9 Å². The van der Waals surface area contributed by atoms with Crippen molar-refractivity contribution in [2.24, 2.45) is 0 Å². The van der Waals surface area contributed by atoms with E-state index in [0.29, 0.717) is 19.4 Å². The summed E-state index contributed by atoms with van der Waals surface area (Å²) in [5.41, 5.74) is -0.585. The van der Waals surface area contributed by atoms with Gasteiger partial charge in [0.2, 0.25) is 0 Å². The van der Waals surface area contributed by atoms with Crippen LogP contribution in [-0.2, 0) is 27.6 Å². The molecule has 2 atom stereocenters. The minimum atomic E-state index is -3.35. The SMILES string of the molecule is COP(=O)(CC(=O)CCC[C@@H]1CCC[C@@H](CCO[Si](C)(C)C(C)(C)C)N1C(=O)OC(C)(C)C)OC. The second-order valence-electron chi connectivity index (χ2n) is 12.1. The predicted molar refractivity (Wildman–Crippen MR) is 143 cm³/mol. The fraction of sp³-hybridized carbons (Fsp3) is 0.920. The van der Waals surface area contributed by atoms with Gasteiger partial charge in [-0.15, -0.1) is 0 Å². The fourth-order valence-electron chi connectivity index (χ4n) is 4.05. The van der Waals surface area contributed by atoms with E-state index in [1.807, 2.05) is 25.7 Å². The van der Waals surface area contributed by atoms with Crippen LogP contribution in [0.4, 0.5) is 4.79 Å². The molecule has 1 rings (SSSR count). The molecule has 0 bridgehead atoms. The molecule has 0 saturated carbocycles. The van der Waals surface area contributed by atoms with Gasteiger partial charge in [-0.05, 0) is 77.4 Å². The molecule has 1 aliphatic rings. The zero-order valence-corrected chi connectivity index (χ0v) is 25.7. The number of ketones is 1. The predicted octanol–water partition coefficient (Wildman–Crippen LogP) is 6.78. The van der Waals surface area contributed by atoms with Gasteiger partial charge in [0.25, 0.3) is 0 Å². The Morgan fingerprint density at radius 1 is 0.971 bits per heavy atom. The number of carbonyl (C=O) groups excluding carboxylic acids is 2. The minimum Gasteiger partial charge on any atom is -0.444 e. The molecule has 35 heavy (non-hydrogen) atoms. The first-order valence-electron chi connectivity index (χ1n) is 12.8. The van der Waals surface area contributed by atoms with Gasteiger partial charge in [0.05, 0.1) is 0 Å². The van der Waals surface area contributed by atoms with Crippen molar-refractivity contribution in [2.75, 3.05) is 27.0 Å². The second kappa shape index (κ2) is 13.2. The standard InChI is InChI=1S/C25H50NO7PSi/c1-24(2,3)33-23(28)26-20(15-12-16-22(27)19-34(29,30-7)31-8)13-11-14-21(26)17-18-32-35(9,10)25(4,5)6/h20-21H,11-19H2,1-10H3/t20-,21-/m0/s1. The largest absolute Gasteiger partial charge is 0.444 e. The average Bonchev–Trinajstić information content (AvgIpc) is 2.71. The van der Waals surface area contributed by atoms with Crippen LogP contribution in [0.25, 0.3) is 0 Å². The highest BCUT2D eigenvalue weighted by molar-refractivity contribution is 7.54. The first-order chi connectivity index (χ1) is 15.9. The van der Waals surface area contributed by atoms with Gasteiger partial charge in [0.15, 0.2) is 8.32 Å². The van der Waals surface area contributed by atoms with Gasteiger partial charge in [0, 0.05) is 39.3 Å². The van der Waals surface area contributed by atoms with Gasteiger partial charge in [0.1, 0.15) is 17.5 Å². The van der Waals surface area contributed by atoms with Crippen LogP contribution in [-0.4, -0.2) is 69.8 Å². The van der Waals surface area contributed by atoms with Crippen molar-refractivity contribution in [1.82, 2.24) is 4.90 Å². The summed E-state index contributed by atoms with van der Waals surface area (Å²) in [5, 5.41) is 0.134. The third-order valence-electron chi connectivity index (χ3n) is 7.11. The van der Waals surface area contributed by atoms with E-state index in [9.17, 15) is 14.2 Å². The number of carbonyl (C=O) groups is 2. The van der Waals surface area contributed by atoms with Crippen molar-refractivity contribution in [3.05, 3.63) is 0 Å². The zero-order chi connectivity index (χ0) is 27.1. The molecular weight excluding hydrogens is 485 g/mol. The Labute approximate surface area is 214 Å². The molecule has 1 heterocycles. The highest BCUT2D eigenvalue weighted by Crippen LogP contribution is 2.46. The average molecular weight is 536 g/mol. The summed E-state index contributed by atoms with van der Waals surface area (Å²) in [4.78, 5) is 27.5. The Kier molecular flexibility index (Phi) is 12.2. The first-order valence-corrected chi connectivity index (χ1v) is 17.5. The van der Waals surface area contributed by atoms with Crippen LogP contribution >= 0.6 is 7.60 Å². The molecule has 8 nitrogen and oxygen atoms in total. The van der Waals surface area contributed by atoms with E-state index in [4.69, 9.17) is 18.2 Å². The van der Waals surface area contributed by atoms with E-state index < -0.39 is 21.5 Å². The van der Waals surface area contributed by atoms with E-state index in [1.54, 1.807) is 0 Å². The van der Waals surface area contributed by atoms with E-state index in [0.717, 1.165) is 25.7 Å². The van der Waals surface area contributed by atoms with Gasteiger partial charge < -0.3 is 23.1 Å². The van der Waals surface area contributed by atoms with Crippen LogP contribution in [0.15, 0.2) is 0 Å². The summed E-state index contributed by atoms with van der Waals surface area (Å²) in [5.74, 6) is -0.156. The molecule has 1 amide bonds. The number of piperidine rings is 1. The van der Waals surface area contributed by atoms with Crippen LogP contribution in [0.1, 0.15) is 86.5 Å². The molecule has 0 aromatic carbocycles. The van der Waals surface area contributed by atoms with Crippen LogP contribution in [0.2, 0.25) is 18.1 Å². The maximum Gasteiger partial charge on any atom is 0.410 e. The molecule has 0 unspecified atom stereocenters. The Morgan fingerprint density at radius 3 is 2.00 bits per heavy atom. The van der Waals surface area contributed by atoms with Gasteiger partial charge in [-0.1, -0.05) is 20.8 Å². The lowest BCUT2D eigenvalue weighted by atomic mass is 9.91. The van der Waals surface area contributed by atoms with E-state index in [-0.39, 0.29) is 41.6 Å². The smallest absolute Gasteiger partial charge is 0.410 e. The van der Waals surface area contributed by atoms with Crippen molar-refractivity contribution in [3.8, 4) is 0 Å². The van der Waals surface area contributed by atoms with Crippen molar-refractivity contribution >= 4 is 27.8 Å². The monoisotopic (exact) mass is 535 g/mol. The molecule has 0 aromatic heterocycles. The van der Waals surface area contributed by atoms with Crippen LogP contribution < -0.4 is 0 Å². The van der Waals surface area contributed by atoms with Crippen molar-refractivity contribution in [2.45, 2.75) is 122 Å². The van der Waals surface area contributed by atoms with Crippen LogP contribution in [0.5, 0.6) is 0 Å². The van der Waals surface area contributed by atoms with E-state index in [1.165, 1.54) is 14.2 Å². The number of nitrogens with zero attached hydrogens (tertiary/aromatic N) is 1. The number of ether oxygens (including phenoxy) is 1. The molecule has 1 aliphatic heterocycles. The summed E-state index contributed by atoms with van der Waals surface area (Å²) in [6, 6.07) is 0.0483. The molecule has 0 radical (unpaired) electrons. The van der Waals surface area contributed by atoms with E-state index >= 15 is 0 Å². The molecular formula is C25H50NO7PSi. The van der Waals surface area contributed by atoms with Gasteiger partial charge in [-0.25, -0.2) is 4.79 Å². The summed E-state index contributed by atoms with van der Waals surface area (Å²) in [6.07, 6.45) is 4.62. The molecule has 0 aliphatic carbocycles. The zero-order valence-electron chi connectivity index (χ0n) is 23.8. The topological polar surface area (TPSA) is 91.4 Å². The number of hydrogen-bond acceptors (Lipinski definition) is 7. The lowest BCUT2D eigenvalue weighted by molar-refractivity contribution is -0.117. The minimum absolute atomic E-state index is 0.000857. The van der Waals surface area contributed by atoms with Gasteiger partial charge >= 0.3 is 13.7 Å². The maximum absolute atomic E-state index is 13.3. The molecule has 0 N–H and O–H groups in total. The number of likely N-dealkylation sites (tertiary alicyclic amines) is 1. The lowest BCUT2D eigenvalue weighted by Crippen LogP contribution is -2.52. The molecule has 1 saturated heterocycles. The van der Waals surface area contributed by atoms with Crippen molar-refractivity contribution < 1.29 is 32.4 Å². The Morgan fingerprint density at radius 2 is 1.51 bits per heavy atom. The van der Waals surface area contributed by atoms with Crippen molar-refractivity contribution in [3.63, 3.8) is 0 Å². The normalized spacial score (nSPS) is 20.1. The lowest BCUT2D eigenvalue weighted by Gasteiger charge is -2.43.